The molecule has 0 unspecified atom stereocenters. The van der Waals surface area contributed by atoms with Crippen LogP contribution in [-0.4, -0.2) is 13.7 Å². The Morgan fingerprint density at radius 1 is 1.75 bits per heavy atom. The average molecular weight is 112 g/mol. The minimum atomic E-state index is 0.741. The third kappa shape index (κ3) is 3.62. The van der Waals surface area contributed by atoms with Gasteiger partial charge in [-0.2, -0.15) is 0 Å². The van der Waals surface area contributed by atoms with Crippen LogP contribution in [0.25, 0.3) is 0 Å². The molecule has 0 aliphatic heterocycles. The molecule has 1 heteroatoms. The first-order valence-electron chi connectivity index (χ1n) is 2.60. The van der Waals surface area contributed by atoms with Crippen molar-refractivity contribution in [3.8, 4) is 0 Å². The molecule has 0 N–H and O–H groups in total. The van der Waals surface area contributed by atoms with E-state index in [1.54, 1.807) is 13.2 Å². The summed E-state index contributed by atoms with van der Waals surface area (Å²) >= 11 is 0. The molecule has 0 saturated heterocycles. The molecule has 0 aromatic carbocycles. The topological polar surface area (TPSA) is 9.23 Å². The molecule has 0 aromatic heterocycles. The van der Waals surface area contributed by atoms with Crippen molar-refractivity contribution in [2.24, 2.45) is 0 Å². The molecule has 0 atom stereocenters. The van der Waals surface area contributed by atoms with Gasteiger partial charge in [0.2, 0.25) is 0 Å². The van der Waals surface area contributed by atoms with Crippen molar-refractivity contribution in [3.05, 3.63) is 24.8 Å². The van der Waals surface area contributed by atoms with E-state index in [1.165, 1.54) is 0 Å². The number of ether oxygens (including phenoxy) is 1. The Balaban J connectivity index is 3.11. The summed E-state index contributed by atoms with van der Waals surface area (Å²) < 4.78 is 4.81. The largest absolute Gasteiger partial charge is 0.384 e. The molecule has 1 nitrogen and oxygen atoms in total. The van der Waals surface area contributed by atoms with Gasteiger partial charge in [-0.05, 0) is 6.42 Å². The Bertz CT molecular complexity index is 84.4. The van der Waals surface area contributed by atoms with Crippen molar-refractivity contribution in [1.29, 1.82) is 0 Å². The van der Waals surface area contributed by atoms with Crippen LogP contribution in [0.2, 0.25) is 0 Å². The van der Waals surface area contributed by atoms with Crippen molar-refractivity contribution < 1.29 is 4.74 Å². The fourth-order valence-corrected chi connectivity index (χ4v) is 0.335. The van der Waals surface area contributed by atoms with Gasteiger partial charge in [0.15, 0.2) is 0 Å². The summed E-state index contributed by atoms with van der Waals surface area (Å²) in [5.74, 6) is 0. The first kappa shape index (κ1) is 7.44. The van der Waals surface area contributed by atoms with Crippen molar-refractivity contribution >= 4 is 0 Å². The molecule has 0 heterocycles. The summed E-state index contributed by atoms with van der Waals surface area (Å²) in [6, 6.07) is 0. The Labute approximate surface area is 50.7 Å². The highest BCUT2D eigenvalue weighted by atomic mass is 16.5. The van der Waals surface area contributed by atoms with Gasteiger partial charge in [-0.25, -0.2) is 0 Å². The Kier molecular flexibility index (Phi) is 4.27. The van der Waals surface area contributed by atoms with E-state index in [-0.39, 0.29) is 0 Å². The van der Waals surface area contributed by atoms with E-state index in [1.807, 2.05) is 0 Å². The van der Waals surface area contributed by atoms with Crippen LogP contribution >= 0.6 is 0 Å². The van der Waals surface area contributed by atoms with Crippen molar-refractivity contribution in [3.63, 3.8) is 0 Å². The lowest BCUT2D eigenvalue weighted by Crippen LogP contribution is -1.87. The molecule has 46 valence electrons. The summed E-state index contributed by atoms with van der Waals surface area (Å²) in [6.45, 7) is 8.01. The standard InChI is InChI=1S/C7H12O/c1-4-7(2)5-6-8-3/h4H,1-2,5-6H2,3H3. The molecule has 0 aliphatic carbocycles. The molecular formula is C7H12O. The van der Waals surface area contributed by atoms with Gasteiger partial charge in [-0.15, -0.1) is 0 Å². The SMILES string of the molecule is C=CC(=C)CCOC. The number of hydrogen-bond donors (Lipinski definition) is 0. The number of allylic oxidation sites excluding steroid dienone is 1. The second-order valence-corrected chi connectivity index (χ2v) is 1.61. The quantitative estimate of drug-likeness (QED) is 0.503. The van der Waals surface area contributed by atoms with Crippen LogP contribution in [0.1, 0.15) is 6.42 Å². The molecule has 0 aromatic rings. The van der Waals surface area contributed by atoms with E-state index >= 15 is 0 Å². The zero-order chi connectivity index (χ0) is 6.41. The maximum atomic E-state index is 4.81. The van der Waals surface area contributed by atoms with Gasteiger partial charge >= 0.3 is 0 Å². The van der Waals surface area contributed by atoms with Crippen LogP contribution in [0, 0.1) is 0 Å². The maximum Gasteiger partial charge on any atom is 0.0502 e. The Morgan fingerprint density at radius 3 is 2.75 bits per heavy atom. The van der Waals surface area contributed by atoms with E-state index in [0.29, 0.717) is 0 Å². The molecule has 0 spiro atoms. The lowest BCUT2D eigenvalue weighted by molar-refractivity contribution is 0.203. The Hall–Kier alpha value is -0.560. The van der Waals surface area contributed by atoms with Crippen LogP contribution in [0.3, 0.4) is 0 Å². The first-order chi connectivity index (χ1) is 3.81. The smallest absolute Gasteiger partial charge is 0.0502 e. The van der Waals surface area contributed by atoms with Crippen LogP contribution in [0.4, 0.5) is 0 Å². The van der Waals surface area contributed by atoms with Crippen LogP contribution in [-0.2, 0) is 4.74 Å². The minimum absolute atomic E-state index is 0.741. The lowest BCUT2D eigenvalue weighted by atomic mass is 10.2. The molecular weight excluding hydrogens is 100 g/mol. The highest BCUT2D eigenvalue weighted by molar-refractivity contribution is 5.10. The summed E-state index contributed by atoms with van der Waals surface area (Å²) in [7, 11) is 1.68. The first-order valence-corrected chi connectivity index (χ1v) is 2.60. The number of methoxy groups -OCH3 is 1. The zero-order valence-corrected chi connectivity index (χ0v) is 5.31. The van der Waals surface area contributed by atoms with Gasteiger partial charge in [0.05, 0.1) is 6.61 Å². The molecule has 0 aliphatic rings. The second-order valence-electron chi connectivity index (χ2n) is 1.61. The highest BCUT2D eigenvalue weighted by Gasteiger charge is 1.83. The molecule has 0 amide bonds. The summed E-state index contributed by atoms with van der Waals surface area (Å²) in [5, 5.41) is 0. The molecule has 0 saturated carbocycles. The normalized spacial score (nSPS) is 8.62. The Morgan fingerprint density at radius 2 is 2.38 bits per heavy atom. The van der Waals surface area contributed by atoms with Crippen LogP contribution in [0.15, 0.2) is 24.8 Å². The maximum absolute atomic E-state index is 4.81. The van der Waals surface area contributed by atoms with Gasteiger partial charge in [0.1, 0.15) is 0 Å². The van der Waals surface area contributed by atoms with E-state index in [4.69, 9.17) is 4.74 Å². The van der Waals surface area contributed by atoms with Gasteiger partial charge in [0.25, 0.3) is 0 Å². The third-order valence-corrected chi connectivity index (χ3v) is 0.916. The van der Waals surface area contributed by atoms with Gasteiger partial charge in [-0.3, -0.25) is 0 Å². The molecule has 0 rings (SSSR count). The van der Waals surface area contributed by atoms with Gasteiger partial charge in [-0.1, -0.05) is 24.8 Å². The lowest BCUT2D eigenvalue weighted by Gasteiger charge is -1.95. The summed E-state index contributed by atoms with van der Waals surface area (Å²) in [5.41, 5.74) is 1.03. The molecule has 0 fully saturated rings. The molecule has 0 radical (unpaired) electrons. The van der Waals surface area contributed by atoms with E-state index in [0.717, 1.165) is 18.6 Å². The monoisotopic (exact) mass is 112 g/mol. The van der Waals surface area contributed by atoms with Crippen molar-refractivity contribution in [2.75, 3.05) is 13.7 Å². The van der Waals surface area contributed by atoms with Crippen LogP contribution < -0.4 is 0 Å². The number of rotatable bonds is 4. The summed E-state index contributed by atoms with van der Waals surface area (Å²) in [4.78, 5) is 0. The molecule has 8 heavy (non-hydrogen) atoms. The third-order valence-electron chi connectivity index (χ3n) is 0.916. The minimum Gasteiger partial charge on any atom is -0.384 e. The summed E-state index contributed by atoms with van der Waals surface area (Å²) in [6.07, 6.45) is 2.64. The van der Waals surface area contributed by atoms with Crippen molar-refractivity contribution in [1.82, 2.24) is 0 Å². The molecule has 0 bridgehead atoms. The fraction of sp³-hybridized carbons (Fsp3) is 0.429. The zero-order valence-electron chi connectivity index (χ0n) is 5.31. The average Bonchev–Trinajstić information content (AvgIpc) is 1.83. The predicted molar refractivity (Wildman–Crippen MR) is 35.8 cm³/mol. The van der Waals surface area contributed by atoms with E-state index < -0.39 is 0 Å². The fourth-order valence-electron chi connectivity index (χ4n) is 0.335. The predicted octanol–water partition coefficient (Wildman–Crippen LogP) is 1.77. The van der Waals surface area contributed by atoms with Crippen LogP contribution in [0.5, 0.6) is 0 Å². The highest BCUT2D eigenvalue weighted by Crippen LogP contribution is 1.96. The number of hydrogen-bond acceptors (Lipinski definition) is 1. The van der Waals surface area contributed by atoms with Gasteiger partial charge in [0, 0.05) is 7.11 Å². The van der Waals surface area contributed by atoms with E-state index in [2.05, 4.69) is 13.2 Å². The second kappa shape index (κ2) is 4.60. The van der Waals surface area contributed by atoms with Crippen molar-refractivity contribution in [2.45, 2.75) is 6.42 Å². The van der Waals surface area contributed by atoms with E-state index in [9.17, 15) is 0 Å². The van der Waals surface area contributed by atoms with Gasteiger partial charge < -0.3 is 4.74 Å².